The lowest BCUT2D eigenvalue weighted by Gasteiger charge is -2.22. The largest absolute Gasteiger partial charge is 0.369 e. The van der Waals surface area contributed by atoms with Crippen molar-refractivity contribution < 1.29 is 0 Å². The molecule has 0 N–H and O–H groups in total. The first-order valence-corrected chi connectivity index (χ1v) is 7.12. The Hall–Kier alpha value is -2.50. The Balaban J connectivity index is 2.10. The highest BCUT2D eigenvalue weighted by molar-refractivity contribution is 5.58. The fraction of sp³-hybridized carbons (Fsp3) is 0.333. The number of hydrogen-bond donors (Lipinski definition) is 0. The van der Waals surface area contributed by atoms with E-state index in [1.54, 1.807) is 16.9 Å². The Morgan fingerprint density at radius 3 is 2.48 bits per heavy atom. The zero-order chi connectivity index (χ0) is 14.8. The van der Waals surface area contributed by atoms with E-state index >= 15 is 0 Å². The van der Waals surface area contributed by atoms with E-state index in [1.807, 2.05) is 25.3 Å². The number of pyridine rings is 1. The monoisotopic (exact) mass is 282 g/mol. The molecule has 0 unspecified atom stereocenters. The first-order valence-electron chi connectivity index (χ1n) is 7.12. The van der Waals surface area contributed by atoms with Crippen molar-refractivity contribution in [3.8, 4) is 11.4 Å². The fourth-order valence-corrected chi connectivity index (χ4v) is 2.39. The van der Waals surface area contributed by atoms with Crippen LogP contribution in [0.5, 0.6) is 0 Å². The summed E-state index contributed by atoms with van der Waals surface area (Å²) >= 11 is 0. The van der Waals surface area contributed by atoms with Gasteiger partial charge in [-0.15, -0.1) is 5.10 Å². The van der Waals surface area contributed by atoms with Crippen LogP contribution in [0.4, 0.5) is 5.69 Å². The summed E-state index contributed by atoms with van der Waals surface area (Å²) in [7, 11) is 0. The number of fused-ring (bicyclic) bond motifs is 1. The average molecular weight is 282 g/mol. The lowest BCUT2D eigenvalue weighted by molar-refractivity contribution is 0.833. The molecule has 0 radical (unpaired) electrons. The molecule has 0 aromatic carbocycles. The lowest BCUT2D eigenvalue weighted by Crippen LogP contribution is -2.23. The van der Waals surface area contributed by atoms with Crippen molar-refractivity contribution in [1.82, 2.24) is 24.6 Å². The van der Waals surface area contributed by atoms with Gasteiger partial charge in [0, 0.05) is 31.0 Å². The van der Waals surface area contributed by atoms with Gasteiger partial charge in [-0.25, -0.2) is 9.50 Å². The number of aromatic nitrogens is 5. The van der Waals surface area contributed by atoms with Crippen LogP contribution in [0.2, 0.25) is 0 Å². The van der Waals surface area contributed by atoms with Crippen LogP contribution < -0.4 is 4.90 Å². The predicted molar refractivity (Wildman–Crippen MR) is 82.3 cm³/mol. The second kappa shape index (κ2) is 5.47. The van der Waals surface area contributed by atoms with Crippen LogP contribution in [0.1, 0.15) is 19.5 Å². The molecule has 3 rings (SSSR count). The first kappa shape index (κ1) is 13.5. The van der Waals surface area contributed by atoms with Crippen LogP contribution in [0.25, 0.3) is 17.2 Å². The third kappa shape index (κ3) is 2.44. The maximum Gasteiger partial charge on any atom is 0.253 e. The van der Waals surface area contributed by atoms with Gasteiger partial charge in [-0.05, 0) is 32.9 Å². The van der Waals surface area contributed by atoms with Gasteiger partial charge in [0.25, 0.3) is 5.78 Å². The SMILES string of the molecule is CCN(CC)c1cn2nc(-c3ccncc3)nc2nc1C. The normalized spacial score (nSPS) is 11.0. The zero-order valence-corrected chi connectivity index (χ0v) is 12.5. The number of hydrogen-bond acceptors (Lipinski definition) is 5. The van der Waals surface area contributed by atoms with Gasteiger partial charge in [0.2, 0.25) is 0 Å². The van der Waals surface area contributed by atoms with E-state index in [0.29, 0.717) is 11.6 Å². The van der Waals surface area contributed by atoms with E-state index in [-0.39, 0.29) is 0 Å². The lowest BCUT2D eigenvalue weighted by atomic mass is 10.3. The van der Waals surface area contributed by atoms with E-state index in [9.17, 15) is 0 Å². The molecule has 0 saturated heterocycles. The van der Waals surface area contributed by atoms with Gasteiger partial charge in [0.1, 0.15) is 0 Å². The number of rotatable bonds is 4. The summed E-state index contributed by atoms with van der Waals surface area (Å²) in [6.07, 6.45) is 5.48. The molecular formula is C15H18N6. The molecule has 0 fully saturated rings. The van der Waals surface area contributed by atoms with Gasteiger partial charge < -0.3 is 4.90 Å². The summed E-state index contributed by atoms with van der Waals surface area (Å²) in [6.45, 7) is 8.16. The van der Waals surface area contributed by atoms with E-state index in [4.69, 9.17) is 0 Å². The summed E-state index contributed by atoms with van der Waals surface area (Å²) in [5.41, 5.74) is 3.01. The summed E-state index contributed by atoms with van der Waals surface area (Å²) in [5.74, 6) is 1.29. The molecule has 0 aliphatic heterocycles. The van der Waals surface area contributed by atoms with Gasteiger partial charge in [0.15, 0.2) is 5.82 Å². The van der Waals surface area contributed by atoms with Crippen LogP contribution in [-0.2, 0) is 0 Å². The van der Waals surface area contributed by atoms with Crippen LogP contribution in [-0.4, -0.2) is 37.7 Å². The quantitative estimate of drug-likeness (QED) is 0.735. The Bertz CT molecular complexity index is 745. The summed E-state index contributed by atoms with van der Waals surface area (Å²) < 4.78 is 1.75. The highest BCUT2D eigenvalue weighted by atomic mass is 15.3. The maximum atomic E-state index is 4.57. The summed E-state index contributed by atoms with van der Waals surface area (Å²) in [5, 5.41) is 4.52. The molecule has 0 aliphatic rings. The molecule has 0 bridgehead atoms. The maximum absolute atomic E-state index is 4.57. The minimum absolute atomic E-state index is 0.621. The molecule has 0 atom stereocenters. The smallest absolute Gasteiger partial charge is 0.253 e. The molecule has 6 nitrogen and oxygen atoms in total. The second-order valence-electron chi connectivity index (χ2n) is 4.80. The van der Waals surface area contributed by atoms with Crippen molar-refractivity contribution >= 4 is 11.5 Å². The predicted octanol–water partition coefficient (Wildman–Crippen LogP) is 2.34. The molecule has 108 valence electrons. The van der Waals surface area contributed by atoms with E-state index in [2.05, 4.69) is 38.8 Å². The van der Waals surface area contributed by atoms with Crippen molar-refractivity contribution in [3.05, 3.63) is 36.4 Å². The van der Waals surface area contributed by atoms with Gasteiger partial charge in [-0.2, -0.15) is 4.98 Å². The third-order valence-electron chi connectivity index (χ3n) is 3.54. The molecule has 0 spiro atoms. The highest BCUT2D eigenvalue weighted by Gasteiger charge is 2.12. The van der Waals surface area contributed by atoms with Crippen LogP contribution in [0.15, 0.2) is 30.7 Å². The Kier molecular flexibility index (Phi) is 3.51. The van der Waals surface area contributed by atoms with E-state index in [0.717, 1.165) is 30.0 Å². The minimum Gasteiger partial charge on any atom is -0.369 e. The molecule has 0 aliphatic carbocycles. The standard InChI is InChI=1S/C15H18N6/c1-4-20(5-2)13-10-21-15(17-11(13)3)18-14(19-21)12-6-8-16-9-7-12/h6-10H,4-5H2,1-3H3. The van der Waals surface area contributed by atoms with Gasteiger partial charge in [-0.3, -0.25) is 4.98 Å². The number of nitrogens with zero attached hydrogens (tertiary/aromatic N) is 6. The molecular weight excluding hydrogens is 264 g/mol. The zero-order valence-electron chi connectivity index (χ0n) is 12.5. The summed E-state index contributed by atoms with van der Waals surface area (Å²) in [4.78, 5) is 15.3. The van der Waals surface area contributed by atoms with Crippen molar-refractivity contribution in [1.29, 1.82) is 0 Å². The minimum atomic E-state index is 0.621. The Morgan fingerprint density at radius 2 is 1.81 bits per heavy atom. The molecule has 3 aromatic rings. The average Bonchev–Trinajstić information content (AvgIpc) is 2.92. The molecule has 0 amide bonds. The summed E-state index contributed by atoms with van der Waals surface area (Å²) in [6, 6.07) is 3.79. The van der Waals surface area contributed by atoms with Crippen molar-refractivity contribution in [2.24, 2.45) is 0 Å². The van der Waals surface area contributed by atoms with Crippen LogP contribution in [0.3, 0.4) is 0 Å². The first-order chi connectivity index (χ1) is 10.2. The molecule has 3 aromatic heterocycles. The van der Waals surface area contributed by atoms with E-state index in [1.165, 1.54) is 0 Å². The number of aryl methyl sites for hydroxylation is 1. The molecule has 21 heavy (non-hydrogen) atoms. The Labute approximate surface area is 123 Å². The molecule has 0 saturated carbocycles. The second-order valence-corrected chi connectivity index (χ2v) is 4.80. The molecule has 3 heterocycles. The van der Waals surface area contributed by atoms with Crippen molar-refractivity contribution in [3.63, 3.8) is 0 Å². The van der Waals surface area contributed by atoms with Crippen LogP contribution >= 0.6 is 0 Å². The van der Waals surface area contributed by atoms with Crippen molar-refractivity contribution in [2.45, 2.75) is 20.8 Å². The van der Waals surface area contributed by atoms with Gasteiger partial charge in [-0.1, -0.05) is 0 Å². The van der Waals surface area contributed by atoms with Crippen molar-refractivity contribution in [2.75, 3.05) is 18.0 Å². The molecule has 6 heteroatoms. The van der Waals surface area contributed by atoms with Crippen LogP contribution in [0, 0.1) is 6.92 Å². The highest BCUT2D eigenvalue weighted by Crippen LogP contribution is 2.20. The fourth-order valence-electron chi connectivity index (χ4n) is 2.39. The van der Waals surface area contributed by atoms with Gasteiger partial charge in [0.05, 0.1) is 17.6 Å². The topological polar surface area (TPSA) is 59.2 Å². The van der Waals surface area contributed by atoms with E-state index < -0.39 is 0 Å². The Morgan fingerprint density at radius 1 is 1.10 bits per heavy atom. The third-order valence-corrected chi connectivity index (χ3v) is 3.54. The van der Waals surface area contributed by atoms with Gasteiger partial charge >= 0.3 is 0 Å². The number of anilines is 1.